The first-order valence-corrected chi connectivity index (χ1v) is 11.7. The third kappa shape index (κ3) is 5.90. The van der Waals surface area contributed by atoms with Crippen molar-refractivity contribution in [2.45, 2.75) is 51.7 Å². The van der Waals surface area contributed by atoms with Gasteiger partial charge in [0.1, 0.15) is 36.2 Å². The molecule has 3 heterocycles. The van der Waals surface area contributed by atoms with Crippen LogP contribution in [0.4, 0.5) is 0 Å². The summed E-state index contributed by atoms with van der Waals surface area (Å²) in [5.74, 6) is 2.04. The van der Waals surface area contributed by atoms with Crippen LogP contribution < -0.4 is 4.74 Å². The van der Waals surface area contributed by atoms with Gasteiger partial charge >= 0.3 is 0 Å². The Morgan fingerprint density at radius 1 is 1.03 bits per heavy atom. The van der Waals surface area contributed by atoms with Crippen molar-refractivity contribution in [3.05, 3.63) is 42.0 Å². The molecule has 9 nitrogen and oxygen atoms in total. The minimum absolute atomic E-state index is 0.0587. The number of rotatable bonds is 7. The van der Waals surface area contributed by atoms with Crippen LogP contribution in [0.2, 0.25) is 0 Å². The first-order chi connectivity index (χ1) is 15.9. The normalized spacial score (nSPS) is 21.2. The van der Waals surface area contributed by atoms with Crippen LogP contribution >= 0.6 is 0 Å². The summed E-state index contributed by atoms with van der Waals surface area (Å²) in [4.78, 5) is 34.2. The van der Waals surface area contributed by atoms with Crippen LogP contribution in [0.15, 0.2) is 30.3 Å². The lowest BCUT2D eigenvalue weighted by atomic mass is 9.96. The van der Waals surface area contributed by atoms with Crippen molar-refractivity contribution < 1.29 is 19.1 Å². The standard InChI is InChI=1S/C24H33N5O4/c1-19-25-20(2)29(26-19)16-23(31)28-13-14-33-24(17-28,18-32-21-9-5-3-6-10-21)15-22(30)27-11-7-4-8-12-27/h3,5-6,9-10H,4,7-8,11-18H2,1-2H3. The fourth-order valence-electron chi connectivity index (χ4n) is 4.50. The number of likely N-dealkylation sites (tertiary alicyclic amines) is 1. The van der Waals surface area contributed by atoms with Crippen molar-refractivity contribution in [2.75, 3.05) is 39.4 Å². The summed E-state index contributed by atoms with van der Waals surface area (Å²) in [6.07, 6.45) is 3.40. The lowest BCUT2D eigenvalue weighted by molar-refractivity contribution is -0.166. The molecule has 0 aliphatic carbocycles. The maximum atomic E-state index is 13.2. The van der Waals surface area contributed by atoms with Crippen LogP contribution in [0, 0.1) is 13.8 Å². The van der Waals surface area contributed by atoms with E-state index in [1.54, 1.807) is 16.5 Å². The lowest BCUT2D eigenvalue weighted by Crippen LogP contribution is -2.59. The number of aromatic nitrogens is 3. The number of amides is 2. The minimum Gasteiger partial charge on any atom is -0.490 e. The van der Waals surface area contributed by atoms with Gasteiger partial charge in [-0.05, 0) is 45.2 Å². The van der Waals surface area contributed by atoms with E-state index in [1.807, 2.05) is 42.2 Å². The van der Waals surface area contributed by atoms with Crippen LogP contribution in [0.1, 0.15) is 37.3 Å². The first-order valence-electron chi connectivity index (χ1n) is 11.7. The molecule has 1 atom stereocenters. The fraction of sp³-hybridized carbons (Fsp3) is 0.583. The van der Waals surface area contributed by atoms with E-state index in [1.165, 1.54) is 0 Å². The molecule has 2 aliphatic heterocycles. The Morgan fingerprint density at radius 2 is 1.79 bits per heavy atom. The van der Waals surface area contributed by atoms with Gasteiger partial charge in [0.25, 0.3) is 0 Å². The molecule has 0 bridgehead atoms. The van der Waals surface area contributed by atoms with E-state index in [2.05, 4.69) is 10.1 Å². The molecule has 0 N–H and O–H groups in total. The molecule has 2 amide bonds. The highest BCUT2D eigenvalue weighted by Crippen LogP contribution is 2.26. The maximum absolute atomic E-state index is 13.2. The Balaban J connectivity index is 1.48. The van der Waals surface area contributed by atoms with Gasteiger partial charge < -0.3 is 19.3 Å². The number of hydrogen-bond acceptors (Lipinski definition) is 6. The van der Waals surface area contributed by atoms with Gasteiger partial charge in [0.2, 0.25) is 11.8 Å². The Labute approximate surface area is 194 Å². The number of ether oxygens (including phenoxy) is 2. The molecule has 0 saturated carbocycles. The van der Waals surface area contributed by atoms with E-state index in [4.69, 9.17) is 9.47 Å². The molecule has 0 radical (unpaired) electrons. The van der Waals surface area contributed by atoms with E-state index >= 15 is 0 Å². The largest absolute Gasteiger partial charge is 0.490 e. The number of aryl methyl sites for hydroxylation is 2. The van der Waals surface area contributed by atoms with Crippen molar-refractivity contribution in [2.24, 2.45) is 0 Å². The van der Waals surface area contributed by atoms with Gasteiger partial charge in [0.05, 0.1) is 19.6 Å². The molecule has 1 aromatic carbocycles. The monoisotopic (exact) mass is 455 g/mol. The summed E-state index contributed by atoms with van der Waals surface area (Å²) in [5, 5.41) is 4.31. The second-order valence-corrected chi connectivity index (χ2v) is 8.93. The number of benzene rings is 1. The van der Waals surface area contributed by atoms with Crippen molar-refractivity contribution in [1.82, 2.24) is 24.6 Å². The lowest BCUT2D eigenvalue weighted by Gasteiger charge is -2.43. The Hall–Kier alpha value is -2.94. The number of para-hydroxylation sites is 1. The molecule has 2 aliphatic rings. The summed E-state index contributed by atoms with van der Waals surface area (Å²) < 4.78 is 13.9. The predicted molar refractivity (Wildman–Crippen MR) is 122 cm³/mol. The van der Waals surface area contributed by atoms with E-state index in [0.717, 1.165) is 32.4 Å². The van der Waals surface area contributed by atoms with Crippen LogP contribution in [-0.2, 0) is 20.9 Å². The highest BCUT2D eigenvalue weighted by Gasteiger charge is 2.42. The average molecular weight is 456 g/mol. The van der Waals surface area contributed by atoms with E-state index < -0.39 is 5.60 Å². The molecule has 33 heavy (non-hydrogen) atoms. The molecule has 2 saturated heterocycles. The van der Waals surface area contributed by atoms with Gasteiger partial charge in [-0.3, -0.25) is 9.59 Å². The molecule has 178 valence electrons. The third-order valence-corrected chi connectivity index (χ3v) is 6.28. The zero-order valence-corrected chi connectivity index (χ0v) is 19.5. The molecule has 0 spiro atoms. The van der Waals surface area contributed by atoms with Crippen LogP contribution in [-0.4, -0.2) is 81.4 Å². The number of carbonyl (C=O) groups is 2. The van der Waals surface area contributed by atoms with Gasteiger partial charge in [0, 0.05) is 19.6 Å². The Morgan fingerprint density at radius 3 is 2.48 bits per heavy atom. The fourth-order valence-corrected chi connectivity index (χ4v) is 4.50. The topological polar surface area (TPSA) is 89.8 Å². The summed E-state index contributed by atoms with van der Waals surface area (Å²) in [6.45, 7) is 6.63. The zero-order chi connectivity index (χ0) is 23.3. The zero-order valence-electron chi connectivity index (χ0n) is 19.5. The highest BCUT2D eigenvalue weighted by molar-refractivity contribution is 5.78. The number of hydrogen-bond donors (Lipinski definition) is 0. The Kier molecular flexibility index (Phi) is 7.27. The van der Waals surface area contributed by atoms with Crippen LogP contribution in [0.25, 0.3) is 0 Å². The van der Waals surface area contributed by atoms with Crippen LogP contribution in [0.5, 0.6) is 5.75 Å². The smallest absolute Gasteiger partial charge is 0.244 e. The summed E-state index contributed by atoms with van der Waals surface area (Å²) >= 11 is 0. The number of piperidine rings is 1. The molecular formula is C24H33N5O4. The molecule has 9 heteroatoms. The van der Waals surface area contributed by atoms with Gasteiger partial charge in [-0.25, -0.2) is 9.67 Å². The van der Waals surface area contributed by atoms with Gasteiger partial charge in [-0.1, -0.05) is 18.2 Å². The van der Waals surface area contributed by atoms with Gasteiger partial charge in [-0.2, -0.15) is 5.10 Å². The minimum atomic E-state index is -0.897. The van der Waals surface area contributed by atoms with Gasteiger partial charge in [0.15, 0.2) is 0 Å². The maximum Gasteiger partial charge on any atom is 0.244 e. The van der Waals surface area contributed by atoms with E-state index in [9.17, 15) is 9.59 Å². The first kappa shape index (κ1) is 23.2. The van der Waals surface area contributed by atoms with Crippen LogP contribution in [0.3, 0.4) is 0 Å². The SMILES string of the molecule is Cc1nc(C)n(CC(=O)N2CCOC(COc3ccccc3)(CC(=O)N3CCCCC3)C2)n1. The Bertz CT molecular complexity index is 957. The van der Waals surface area contributed by atoms with Crippen molar-refractivity contribution >= 4 is 11.8 Å². The second-order valence-electron chi connectivity index (χ2n) is 8.93. The second kappa shape index (κ2) is 10.3. The molecule has 2 fully saturated rings. The predicted octanol–water partition coefficient (Wildman–Crippen LogP) is 1.97. The van der Waals surface area contributed by atoms with Crippen molar-refractivity contribution in [3.63, 3.8) is 0 Å². The number of morpholine rings is 1. The van der Waals surface area contributed by atoms with Crippen molar-refractivity contribution in [1.29, 1.82) is 0 Å². The summed E-state index contributed by atoms with van der Waals surface area (Å²) in [6, 6.07) is 9.49. The molecule has 1 unspecified atom stereocenters. The van der Waals surface area contributed by atoms with E-state index in [0.29, 0.717) is 37.1 Å². The number of carbonyl (C=O) groups excluding carboxylic acids is 2. The quantitative estimate of drug-likeness (QED) is 0.634. The average Bonchev–Trinajstić information content (AvgIpc) is 3.15. The molecule has 4 rings (SSSR count). The van der Waals surface area contributed by atoms with Gasteiger partial charge in [-0.15, -0.1) is 0 Å². The number of nitrogens with zero attached hydrogens (tertiary/aromatic N) is 5. The third-order valence-electron chi connectivity index (χ3n) is 6.28. The van der Waals surface area contributed by atoms with Crippen molar-refractivity contribution in [3.8, 4) is 5.75 Å². The highest BCUT2D eigenvalue weighted by atomic mass is 16.5. The molecular weight excluding hydrogens is 422 g/mol. The summed E-state index contributed by atoms with van der Waals surface area (Å²) in [7, 11) is 0. The van der Waals surface area contributed by atoms with E-state index in [-0.39, 0.29) is 31.4 Å². The molecule has 1 aromatic heterocycles. The summed E-state index contributed by atoms with van der Waals surface area (Å²) in [5.41, 5.74) is -0.897. The molecule has 2 aromatic rings.